The normalized spacial score (nSPS) is 21.5. The molecule has 0 bridgehead atoms. The topological polar surface area (TPSA) is 80.4 Å². The van der Waals surface area contributed by atoms with Crippen LogP contribution in [-0.4, -0.2) is 42.6 Å². The van der Waals surface area contributed by atoms with Crippen molar-refractivity contribution in [3.8, 4) is 0 Å². The highest BCUT2D eigenvalue weighted by Gasteiger charge is 2.46. The Morgan fingerprint density at radius 2 is 1.76 bits per heavy atom. The first kappa shape index (κ1) is 18.8. The zero-order valence-electron chi connectivity index (χ0n) is 12.8. The number of sulfone groups is 1. The molecule has 2 unspecified atom stereocenters. The van der Waals surface area contributed by atoms with E-state index in [1.807, 2.05) is 0 Å². The van der Waals surface area contributed by atoms with Gasteiger partial charge in [0.05, 0.1) is 5.25 Å². The van der Waals surface area contributed by atoms with Gasteiger partial charge in [-0.25, -0.2) is 17.2 Å². The average molecular weight is 327 g/mol. The Labute approximate surface area is 126 Å². The monoisotopic (exact) mass is 327 g/mol. The van der Waals surface area contributed by atoms with Gasteiger partial charge in [0.1, 0.15) is 11.9 Å². The minimum atomic E-state index is -3.93. The summed E-state index contributed by atoms with van der Waals surface area (Å²) in [4.78, 5) is 0. The largest absolute Gasteiger partial charge is 0.385 e. The van der Waals surface area contributed by atoms with Crippen molar-refractivity contribution in [1.29, 1.82) is 0 Å². The van der Waals surface area contributed by atoms with Crippen molar-refractivity contribution in [3.63, 3.8) is 0 Å². The second-order valence-corrected chi connectivity index (χ2v) is 9.02. The number of alkyl halides is 2. The first-order valence-electron chi connectivity index (χ1n) is 7.59. The lowest BCUT2D eigenvalue weighted by Crippen LogP contribution is -2.51. The third-order valence-electron chi connectivity index (χ3n) is 4.28. The molecule has 0 radical (unpaired) electrons. The van der Waals surface area contributed by atoms with Crippen LogP contribution in [-0.2, 0) is 9.84 Å². The molecule has 0 aromatic heterocycles. The standard InChI is InChI=1S/C14H27F2NO3S/c1-10(2)21(19,20)9-14(15,16)13(18)12(17)8-11-6-4-3-5-7-11/h10-13,18H,3-9,17H2,1-2H3. The minimum Gasteiger partial charge on any atom is -0.385 e. The lowest BCUT2D eigenvalue weighted by atomic mass is 9.83. The van der Waals surface area contributed by atoms with Crippen LogP contribution in [0.3, 0.4) is 0 Å². The van der Waals surface area contributed by atoms with Crippen molar-refractivity contribution in [2.45, 2.75) is 75.7 Å². The number of nitrogens with two attached hydrogens (primary N) is 1. The molecule has 2 atom stereocenters. The molecule has 7 heteroatoms. The molecule has 126 valence electrons. The number of rotatable bonds is 7. The number of aliphatic hydroxyl groups excluding tert-OH is 1. The fourth-order valence-electron chi connectivity index (χ4n) is 2.77. The van der Waals surface area contributed by atoms with Crippen LogP contribution in [0.25, 0.3) is 0 Å². The van der Waals surface area contributed by atoms with Gasteiger partial charge in [0.25, 0.3) is 5.92 Å². The second kappa shape index (κ2) is 7.33. The summed E-state index contributed by atoms with van der Waals surface area (Å²) in [6, 6.07) is -1.09. The molecule has 1 aliphatic rings. The van der Waals surface area contributed by atoms with Gasteiger partial charge in [-0.15, -0.1) is 0 Å². The Kier molecular flexibility index (Phi) is 6.55. The Hall–Kier alpha value is -0.270. The molecule has 0 aromatic carbocycles. The van der Waals surface area contributed by atoms with Crippen molar-refractivity contribution in [2.75, 3.05) is 5.75 Å². The molecule has 21 heavy (non-hydrogen) atoms. The number of halogens is 2. The predicted octanol–water partition coefficient (Wildman–Crippen LogP) is 2.10. The number of aliphatic hydroxyl groups is 1. The quantitative estimate of drug-likeness (QED) is 0.750. The number of hydrogen-bond donors (Lipinski definition) is 2. The molecule has 1 aliphatic carbocycles. The smallest absolute Gasteiger partial charge is 0.288 e. The summed E-state index contributed by atoms with van der Waals surface area (Å²) < 4.78 is 51.2. The van der Waals surface area contributed by atoms with E-state index in [1.165, 1.54) is 13.8 Å². The van der Waals surface area contributed by atoms with E-state index in [0.717, 1.165) is 32.1 Å². The molecule has 0 amide bonds. The van der Waals surface area contributed by atoms with Crippen molar-refractivity contribution in [1.82, 2.24) is 0 Å². The summed E-state index contributed by atoms with van der Waals surface area (Å²) in [7, 11) is -3.93. The van der Waals surface area contributed by atoms with E-state index in [1.54, 1.807) is 0 Å². The summed E-state index contributed by atoms with van der Waals surface area (Å²) >= 11 is 0. The van der Waals surface area contributed by atoms with Crippen LogP contribution in [0.1, 0.15) is 52.4 Å². The van der Waals surface area contributed by atoms with Gasteiger partial charge in [0, 0.05) is 6.04 Å². The first-order valence-corrected chi connectivity index (χ1v) is 9.31. The van der Waals surface area contributed by atoms with Gasteiger partial charge < -0.3 is 10.8 Å². The van der Waals surface area contributed by atoms with E-state index < -0.39 is 38.9 Å². The van der Waals surface area contributed by atoms with Crippen LogP contribution in [0.5, 0.6) is 0 Å². The Balaban J connectivity index is 2.64. The second-order valence-electron chi connectivity index (χ2n) is 6.47. The lowest BCUT2D eigenvalue weighted by Gasteiger charge is -2.31. The van der Waals surface area contributed by atoms with E-state index in [9.17, 15) is 22.3 Å². The predicted molar refractivity (Wildman–Crippen MR) is 79.0 cm³/mol. The fraction of sp³-hybridized carbons (Fsp3) is 1.00. The molecule has 1 saturated carbocycles. The van der Waals surface area contributed by atoms with Crippen molar-refractivity contribution in [2.24, 2.45) is 11.7 Å². The SMILES string of the molecule is CC(C)S(=O)(=O)CC(F)(F)C(O)C(N)CC1CCCCC1. The highest BCUT2D eigenvalue weighted by molar-refractivity contribution is 7.92. The maximum atomic E-state index is 14.0. The molecule has 0 heterocycles. The van der Waals surface area contributed by atoms with Gasteiger partial charge in [-0.1, -0.05) is 32.1 Å². The third-order valence-corrected chi connectivity index (χ3v) is 6.50. The highest BCUT2D eigenvalue weighted by Crippen LogP contribution is 2.31. The molecule has 3 N–H and O–H groups in total. The molecule has 0 spiro atoms. The molecule has 4 nitrogen and oxygen atoms in total. The Morgan fingerprint density at radius 3 is 2.24 bits per heavy atom. The van der Waals surface area contributed by atoms with Crippen LogP contribution in [0.15, 0.2) is 0 Å². The van der Waals surface area contributed by atoms with Crippen molar-refractivity contribution < 1.29 is 22.3 Å². The Bertz CT molecular complexity index is 420. The van der Waals surface area contributed by atoms with Crippen molar-refractivity contribution >= 4 is 9.84 Å². The van der Waals surface area contributed by atoms with Gasteiger partial charge >= 0.3 is 0 Å². The minimum absolute atomic E-state index is 0.251. The molecule has 0 aliphatic heterocycles. The summed E-state index contributed by atoms with van der Waals surface area (Å²) in [5, 5.41) is 8.88. The highest BCUT2D eigenvalue weighted by atomic mass is 32.2. The van der Waals surface area contributed by atoms with E-state index in [2.05, 4.69) is 0 Å². The first-order chi connectivity index (χ1) is 9.56. The summed E-state index contributed by atoms with van der Waals surface area (Å²) in [6.07, 6.45) is 3.35. The average Bonchev–Trinajstić information content (AvgIpc) is 2.37. The van der Waals surface area contributed by atoms with Gasteiger partial charge in [0.15, 0.2) is 9.84 Å². The zero-order chi connectivity index (χ0) is 16.3. The molecule has 1 fully saturated rings. The Morgan fingerprint density at radius 1 is 1.24 bits per heavy atom. The van der Waals surface area contributed by atoms with Crippen LogP contribution >= 0.6 is 0 Å². The molecule has 0 aromatic rings. The fourth-order valence-corrected chi connectivity index (χ4v) is 3.81. The van der Waals surface area contributed by atoms with E-state index in [0.29, 0.717) is 6.42 Å². The van der Waals surface area contributed by atoms with E-state index in [4.69, 9.17) is 5.73 Å². The molecule has 1 rings (SSSR count). The summed E-state index contributed by atoms with van der Waals surface area (Å²) in [6.45, 7) is 2.69. The molecular formula is C14H27F2NO3S. The van der Waals surface area contributed by atoms with Crippen LogP contribution in [0.4, 0.5) is 8.78 Å². The maximum absolute atomic E-state index is 14.0. The molecule has 0 saturated heterocycles. The van der Waals surface area contributed by atoms with Crippen molar-refractivity contribution in [3.05, 3.63) is 0 Å². The summed E-state index contributed by atoms with van der Waals surface area (Å²) in [5.41, 5.74) is 5.70. The van der Waals surface area contributed by atoms with Gasteiger partial charge in [-0.05, 0) is 26.2 Å². The number of hydrogen-bond acceptors (Lipinski definition) is 4. The zero-order valence-corrected chi connectivity index (χ0v) is 13.6. The van der Waals surface area contributed by atoms with E-state index in [-0.39, 0.29) is 5.92 Å². The van der Waals surface area contributed by atoms with Crippen LogP contribution < -0.4 is 5.73 Å². The lowest BCUT2D eigenvalue weighted by molar-refractivity contribution is -0.103. The summed E-state index contributed by atoms with van der Waals surface area (Å²) in [5.74, 6) is -4.81. The van der Waals surface area contributed by atoms with Gasteiger partial charge in [-0.3, -0.25) is 0 Å². The molecular weight excluding hydrogens is 300 g/mol. The third kappa shape index (κ3) is 5.45. The van der Waals surface area contributed by atoms with Gasteiger partial charge in [-0.2, -0.15) is 0 Å². The van der Waals surface area contributed by atoms with Crippen LogP contribution in [0, 0.1) is 5.92 Å². The van der Waals surface area contributed by atoms with Gasteiger partial charge in [0.2, 0.25) is 0 Å². The van der Waals surface area contributed by atoms with Crippen LogP contribution in [0.2, 0.25) is 0 Å². The van der Waals surface area contributed by atoms with E-state index >= 15 is 0 Å². The maximum Gasteiger partial charge on any atom is 0.288 e.